The Hall–Kier alpha value is -2.28. The smallest absolute Gasteiger partial charge is 0.251 e. The lowest BCUT2D eigenvalue weighted by Gasteiger charge is -2.33. The molecular weight excluding hydrogens is 322 g/mol. The number of H-pyrrole nitrogens is 1. The van der Waals surface area contributed by atoms with E-state index >= 15 is 0 Å². The van der Waals surface area contributed by atoms with E-state index in [0.29, 0.717) is 5.82 Å². The number of nitrogens with zero attached hydrogens (tertiary/aromatic N) is 4. The molecule has 3 aromatic heterocycles. The van der Waals surface area contributed by atoms with E-state index in [1.54, 1.807) is 23.7 Å². The van der Waals surface area contributed by atoms with Crippen molar-refractivity contribution in [3.05, 3.63) is 45.2 Å². The number of piperidine rings is 1. The third-order valence-electron chi connectivity index (χ3n) is 4.55. The molecule has 7 heteroatoms. The lowest BCUT2D eigenvalue weighted by Crippen LogP contribution is -2.36. The molecule has 1 aliphatic rings. The predicted octanol–water partition coefficient (Wildman–Crippen LogP) is 2.78. The Morgan fingerprint density at radius 1 is 1.33 bits per heavy atom. The van der Waals surface area contributed by atoms with Gasteiger partial charge in [-0.2, -0.15) is 0 Å². The van der Waals surface area contributed by atoms with E-state index in [2.05, 4.69) is 37.1 Å². The monoisotopic (exact) mass is 341 g/mol. The van der Waals surface area contributed by atoms with Gasteiger partial charge in [-0.1, -0.05) is 0 Å². The van der Waals surface area contributed by atoms with Gasteiger partial charge in [0, 0.05) is 25.1 Å². The molecule has 0 saturated carbocycles. The summed E-state index contributed by atoms with van der Waals surface area (Å²) in [6.45, 7) is 5.74. The van der Waals surface area contributed by atoms with Crippen LogP contribution in [0.3, 0.4) is 0 Å². The highest BCUT2D eigenvalue weighted by Crippen LogP contribution is 2.34. The van der Waals surface area contributed by atoms with E-state index in [4.69, 9.17) is 0 Å². The molecule has 0 radical (unpaired) electrons. The summed E-state index contributed by atoms with van der Waals surface area (Å²) < 4.78 is 0. The van der Waals surface area contributed by atoms with Crippen LogP contribution in [0.5, 0.6) is 0 Å². The lowest BCUT2D eigenvalue weighted by atomic mass is 9.94. The number of nitrogens with one attached hydrogen (secondary N) is 1. The van der Waals surface area contributed by atoms with Gasteiger partial charge in [-0.25, -0.2) is 15.0 Å². The predicted molar refractivity (Wildman–Crippen MR) is 95.9 cm³/mol. The molecule has 3 aromatic rings. The van der Waals surface area contributed by atoms with Crippen molar-refractivity contribution in [1.82, 2.24) is 19.9 Å². The SMILES string of the molecule is Cc1nc(C2CCCN(c3ncnc4scc(C)c34)C2)cc(=O)[nH]1. The van der Waals surface area contributed by atoms with Gasteiger partial charge in [-0.05, 0) is 37.6 Å². The highest BCUT2D eigenvalue weighted by atomic mass is 32.1. The average Bonchev–Trinajstić information content (AvgIpc) is 2.96. The van der Waals surface area contributed by atoms with Gasteiger partial charge in [0.2, 0.25) is 0 Å². The van der Waals surface area contributed by atoms with Crippen LogP contribution in [0.15, 0.2) is 22.6 Å². The molecule has 1 N–H and O–H groups in total. The standard InChI is InChI=1S/C17H19N5OS/c1-10-8-24-17-15(10)16(18-9-19-17)22-5-3-4-12(7-22)13-6-14(23)21-11(2)20-13/h6,8-9,12H,3-5,7H2,1-2H3,(H,20,21,23). The Labute approximate surface area is 143 Å². The molecule has 124 valence electrons. The molecule has 0 aromatic carbocycles. The van der Waals surface area contributed by atoms with Crippen LogP contribution in [0, 0.1) is 13.8 Å². The van der Waals surface area contributed by atoms with Gasteiger partial charge in [0.05, 0.1) is 11.1 Å². The van der Waals surface area contributed by atoms with Crippen molar-refractivity contribution in [2.75, 3.05) is 18.0 Å². The fourth-order valence-electron chi connectivity index (χ4n) is 3.46. The molecule has 1 saturated heterocycles. The lowest BCUT2D eigenvalue weighted by molar-refractivity contribution is 0.497. The average molecular weight is 341 g/mol. The second-order valence-electron chi connectivity index (χ2n) is 6.34. The zero-order chi connectivity index (χ0) is 16.7. The summed E-state index contributed by atoms with van der Waals surface area (Å²) in [5.41, 5.74) is 2.03. The number of anilines is 1. The first-order valence-electron chi connectivity index (χ1n) is 8.13. The number of aromatic nitrogens is 4. The number of fused-ring (bicyclic) bond motifs is 1. The number of thiophene rings is 1. The molecule has 1 fully saturated rings. The van der Waals surface area contributed by atoms with Gasteiger partial charge in [0.15, 0.2) is 0 Å². The van der Waals surface area contributed by atoms with E-state index in [9.17, 15) is 4.79 Å². The van der Waals surface area contributed by atoms with Crippen molar-refractivity contribution in [2.45, 2.75) is 32.6 Å². The number of aromatic amines is 1. The molecule has 0 bridgehead atoms. The van der Waals surface area contributed by atoms with Crippen molar-refractivity contribution in [3.63, 3.8) is 0 Å². The largest absolute Gasteiger partial charge is 0.355 e. The number of hydrogen-bond donors (Lipinski definition) is 1. The zero-order valence-corrected chi connectivity index (χ0v) is 14.6. The number of hydrogen-bond acceptors (Lipinski definition) is 6. The molecule has 0 aliphatic carbocycles. The van der Waals surface area contributed by atoms with Crippen LogP contribution in [0.4, 0.5) is 5.82 Å². The number of aryl methyl sites for hydroxylation is 2. The van der Waals surface area contributed by atoms with Crippen LogP contribution in [0.2, 0.25) is 0 Å². The third kappa shape index (κ3) is 2.69. The van der Waals surface area contributed by atoms with Crippen LogP contribution < -0.4 is 10.5 Å². The second kappa shape index (κ2) is 5.98. The maximum Gasteiger partial charge on any atom is 0.251 e. The summed E-state index contributed by atoms with van der Waals surface area (Å²) in [5, 5.41) is 3.28. The van der Waals surface area contributed by atoms with Crippen molar-refractivity contribution in [3.8, 4) is 0 Å². The highest BCUT2D eigenvalue weighted by molar-refractivity contribution is 7.17. The van der Waals surface area contributed by atoms with Crippen LogP contribution in [-0.2, 0) is 0 Å². The molecule has 0 spiro atoms. The molecule has 24 heavy (non-hydrogen) atoms. The Morgan fingerprint density at radius 3 is 3.04 bits per heavy atom. The summed E-state index contributed by atoms with van der Waals surface area (Å²) in [5.74, 6) is 1.93. The van der Waals surface area contributed by atoms with E-state index in [1.165, 1.54) is 5.56 Å². The molecular formula is C17H19N5OS. The van der Waals surface area contributed by atoms with Crippen molar-refractivity contribution in [1.29, 1.82) is 0 Å². The molecule has 1 atom stereocenters. The van der Waals surface area contributed by atoms with Crippen LogP contribution >= 0.6 is 11.3 Å². The van der Waals surface area contributed by atoms with Gasteiger partial charge < -0.3 is 9.88 Å². The Morgan fingerprint density at radius 2 is 2.21 bits per heavy atom. The van der Waals surface area contributed by atoms with Gasteiger partial charge >= 0.3 is 0 Å². The highest BCUT2D eigenvalue weighted by Gasteiger charge is 2.25. The van der Waals surface area contributed by atoms with Gasteiger partial charge in [0.25, 0.3) is 5.56 Å². The van der Waals surface area contributed by atoms with Crippen LogP contribution in [0.25, 0.3) is 10.2 Å². The molecule has 1 unspecified atom stereocenters. The Kier molecular flexibility index (Phi) is 3.80. The Balaban J connectivity index is 1.69. The maximum absolute atomic E-state index is 11.8. The summed E-state index contributed by atoms with van der Waals surface area (Å²) in [4.78, 5) is 31.3. The zero-order valence-electron chi connectivity index (χ0n) is 13.7. The van der Waals surface area contributed by atoms with Crippen molar-refractivity contribution < 1.29 is 0 Å². The first-order chi connectivity index (χ1) is 11.6. The van der Waals surface area contributed by atoms with Gasteiger partial charge in [-0.15, -0.1) is 11.3 Å². The molecule has 6 nitrogen and oxygen atoms in total. The minimum Gasteiger partial charge on any atom is -0.355 e. The molecule has 4 rings (SSSR count). The fraction of sp³-hybridized carbons (Fsp3) is 0.412. The molecule has 0 amide bonds. The van der Waals surface area contributed by atoms with E-state index < -0.39 is 0 Å². The minimum atomic E-state index is -0.0762. The first kappa shape index (κ1) is 15.3. The van der Waals surface area contributed by atoms with E-state index in [-0.39, 0.29) is 11.5 Å². The van der Waals surface area contributed by atoms with E-state index in [1.807, 2.05) is 6.92 Å². The summed E-state index contributed by atoms with van der Waals surface area (Å²) in [7, 11) is 0. The van der Waals surface area contributed by atoms with Crippen LogP contribution in [0.1, 0.15) is 35.8 Å². The quantitative estimate of drug-likeness (QED) is 0.776. The number of rotatable bonds is 2. The third-order valence-corrected chi connectivity index (χ3v) is 5.56. The summed E-state index contributed by atoms with van der Waals surface area (Å²) in [6, 6.07) is 1.63. The second-order valence-corrected chi connectivity index (χ2v) is 7.20. The first-order valence-corrected chi connectivity index (χ1v) is 9.01. The van der Waals surface area contributed by atoms with Gasteiger partial charge in [0.1, 0.15) is 22.8 Å². The molecule has 4 heterocycles. The fourth-order valence-corrected chi connectivity index (χ4v) is 4.35. The normalized spacial score (nSPS) is 18.2. The summed E-state index contributed by atoms with van der Waals surface area (Å²) >= 11 is 1.66. The topological polar surface area (TPSA) is 74.8 Å². The summed E-state index contributed by atoms with van der Waals surface area (Å²) in [6.07, 6.45) is 3.75. The van der Waals surface area contributed by atoms with Crippen molar-refractivity contribution in [2.24, 2.45) is 0 Å². The van der Waals surface area contributed by atoms with Crippen LogP contribution in [-0.4, -0.2) is 33.0 Å². The van der Waals surface area contributed by atoms with Crippen molar-refractivity contribution >= 4 is 27.4 Å². The van der Waals surface area contributed by atoms with Gasteiger partial charge in [-0.3, -0.25) is 4.79 Å². The maximum atomic E-state index is 11.8. The van der Waals surface area contributed by atoms with E-state index in [0.717, 1.165) is 47.7 Å². The Bertz CT molecular complexity index is 948. The minimum absolute atomic E-state index is 0.0762. The molecule has 1 aliphatic heterocycles.